The van der Waals surface area contributed by atoms with Crippen molar-refractivity contribution >= 4 is 12.2 Å². The van der Waals surface area contributed by atoms with E-state index >= 15 is 0 Å². The first-order chi connectivity index (χ1) is 4.74. The SMILES string of the molecule is [NH]C(=O)C1CCC([C]=O)C1. The van der Waals surface area contributed by atoms with Crippen LogP contribution in [0, 0.1) is 11.8 Å². The van der Waals surface area contributed by atoms with E-state index in [1.807, 2.05) is 6.29 Å². The quantitative estimate of drug-likeness (QED) is 0.553. The van der Waals surface area contributed by atoms with Crippen molar-refractivity contribution in [3.05, 3.63) is 0 Å². The lowest BCUT2D eigenvalue weighted by atomic mass is 10.1. The van der Waals surface area contributed by atoms with Crippen molar-refractivity contribution in [2.45, 2.75) is 19.3 Å². The average Bonchev–Trinajstić information content (AvgIpc) is 2.34. The molecule has 0 heterocycles. The molecule has 2 unspecified atom stereocenters. The van der Waals surface area contributed by atoms with E-state index in [2.05, 4.69) is 0 Å². The highest BCUT2D eigenvalue weighted by atomic mass is 16.1. The second-order valence-electron chi connectivity index (χ2n) is 2.69. The minimum Gasteiger partial charge on any atom is -0.291 e. The zero-order chi connectivity index (χ0) is 7.56. The third-order valence-corrected chi connectivity index (χ3v) is 1.97. The summed E-state index contributed by atoms with van der Waals surface area (Å²) in [7, 11) is 0. The van der Waals surface area contributed by atoms with E-state index in [1.54, 1.807) is 0 Å². The van der Waals surface area contributed by atoms with Crippen molar-refractivity contribution in [2.24, 2.45) is 11.8 Å². The van der Waals surface area contributed by atoms with Gasteiger partial charge in [-0.05, 0) is 19.3 Å². The number of hydrogen-bond donors (Lipinski definition) is 0. The fraction of sp³-hybridized carbons (Fsp3) is 0.714. The summed E-state index contributed by atoms with van der Waals surface area (Å²) in [6.45, 7) is 0. The second kappa shape index (κ2) is 2.82. The number of nitrogens with one attached hydrogen (secondary N) is 1. The molecule has 10 heavy (non-hydrogen) atoms. The highest BCUT2D eigenvalue weighted by Gasteiger charge is 2.28. The van der Waals surface area contributed by atoms with Gasteiger partial charge in [0.1, 0.15) is 0 Å². The van der Waals surface area contributed by atoms with Crippen LogP contribution >= 0.6 is 0 Å². The lowest BCUT2D eigenvalue weighted by Crippen LogP contribution is -2.11. The largest absolute Gasteiger partial charge is 0.291 e. The van der Waals surface area contributed by atoms with Crippen molar-refractivity contribution in [1.82, 2.24) is 5.73 Å². The summed E-state index contributed by atoms with van der Waals surface area (Å²) in [5.74, 6) is -0.802. The van der Waals surface area contributed by atoms with Gasteiger partial charge >= 0.3 is 0 Å². The van der Waals surface area contributed by atoms with Gasteiger partial charge in [-0.25, -0.2) is 0 Å². The molecule has 1 N–H and O–H groups in total. The Labute approximate surface area is 59.6 Å². The average molecular weight is 139 g/mol. The zero-order valence-electron chi connectivity index (χ0n) is 5.59. The lowest BCUT2D eigenvalue weighted by Gasteiger charge is -1.99. The Balaban J connectivity index is 2.42. The van der Waals surface area contributed by atoms with Crippen molar-refractivity contribution in [2.75, 3.05) is 0 Å². The minimum absolute atomic E-state index is 0.0840. The van der Waals surface area contributed by atoms with Crippen LogP contribution in [0.1, 0.15) is 19.3 Å². The molecule has 0 aromatic heterocycles. The summed E-state index contributed by atoms with van der Waals surface area (Å²) in [5.41, 5.74) is 6.77. The molecule has 2 atom stereocenters. The molecule has 1 saturated carbocycles. The monoisotopic (exact) mass is 139 g/mol. The van der Waals surface area contributed by atoms with Gasteiger partial charge in [-0.2, -0.15) is 0 Å². The van der Waals surface area contributed by atoms with Gasteiger partial charge in [0.15, 0.2) is 0 Å². The number of hydrogen-bond acceptors (Lipinski definition) is 2. The summed E-state index contributed by atoms with van der Waals surface area (Å²) < 4.78 is 0. The Morgan fingerprint density at radius 1 is 1.50 bits per heavy atom. The van der Waals surface area contributed by atoms with Crippen LogP contribution in [0.15, 0.2) is 0 Å². The van der Waals surface area contributed by atoms with E-state index in [-0.39, 0.29) is 11.8 Å². The molecule has 3 nitrogen and oxygen atoms in total. The molecule has 0 aromatic carbocycles. The van der Waals surface area contributed by atoms with Gasteiger partial charge in [-0.3, -0.25) is 15.3 Å². The molecule has 0 saturated heterocycles. The molecule has 3 heteroatoms. The highest BCUT2D eigenvalue weighted by molar-refractivity contribution is 5.77. The summed E-state index contributed by atoms with van der Waals surface area (Å²) in [6.07, 6.45) is 3.84. The third-order valence-electron chi connectivity index (χ3n) is 1.97. The molecule has 0 aliphatic heterocycles. The molecule has 54 valence electrons. The number of carbonyl (C=O) groups excluding carboxylic acids is 2. The van der Waals surface area contributed by atoms with E-state index in [1.165, 1.54) is 0 Å². The van der Waals surface area contributed by atoms with Gasteiger partial charge in [0.05, 0.1) is 0 Å². The Hall–Kier alpha value is -0.860. The van der Waals surface area contributed by atoms with Crippen molar-refractivity contribution in [3.63, 3.8) is 0 Å². The van der Waals surface area contributed by atoms with Gasteiger partial charge in [0.2, 0.25) is 12.2 Å². The summed E-state index contributed by atoms with van der Waals surface area (Å²) >= 11 is 0. The van der Waals surface area contributed by atoms with Gasteiger partial charge in [0, 0.05) is 11.8 Å². The van der Waals surface area contributed by atoms with Gasteiger partial charge in [-0.1, -0.05) is 0 Å². The van der Waals surface area contributed by atoms with E-state index in [4.69, 9.17) is 5.73 Å². The second-order valence-corrected chi connectivity index (χ2v) is 2.69. The van der Waals surface area contributed by atoms with Crippen molar-refractivity contribution in [3.8, 4) is 0 Å². The van der Waals surface area contributed by atoms with Crippen LogP contribution in [0.2, 0.25) is 0 Å². The molecule has 0 spiro atoms. The molecular formula is C7H9NO2. The maximum absolute atomic E-state index is 10.4. The Bertz CT molecular complexity index is 156. The summed E-state index contributed by atoms with van der Waals surface area (Å²) in [5, 5.41) is 0. The van der Waals surface area contributed by atoms with E-state index < -0.39 is 5.91 Å². The Kier molecular flexibility index (Phi) is 2.04. The smallest absolute Gasteiger partial charge is 0.241 e. The maximum Gasteiger partial charge on any atom is 0.241 e. The van der Waals surface area contributed by atoms with Gasteiger partial charge in [0.25, 0.3) is 0 Å². The number of amides is 1. The van der Waals surface area contributed by atoms with Crippen LogP contribution in [0.25, 0.3) is 0 Å². The predicted molar refractivity (Wildman–Crippen MR) is 34.6 cm³/mol. The lowest BCUT2D eigenvalue weighted by molar-refractivity contribution is -0.122. The molecular weight excluding hydrogens is 130 g/mol. The molecule has 1 amide bonds. The Morgan fingerprint density at radius 2 is 2.20 bits per heavy atom. The van der Waals surface area contributed by atoms with E-state index in [0.717, 1.165) is 6.42 Å². The molecule has 1 rings (SSSR count). The van der Waals surface area contributed by atoms with Crippen LogP contribution in [0.3, 0.4) is 0 Å². The molecule has 1 fully saturated rings. The van der Waals surface area contributed by atoms with Crippen LogP contribution in [-0.2, 0) is 9.59 Å². The first kappa shape index (κ1) is 7.25. The molecule has 0 bridgehead atoms. The van der Waals surface area contributed by atoms with Crippen LogP contribution < -0.4 is 5.73 Å². The van der Waals surface area contributed by atoms with E-state index in [9.17, 15) is 9.59 Å². The zero-order valence-corrected chi connectivity index (χ0v) is 5.59. The molecule has 1 aliphatic rings. The maximum atomic E-state index is 10.4. The van der Waals surface area contributed by atoms with E-state index in [0.29, 0.717) is 12.8 Å². The highest BCUT2D eigenvalue weighted by Crippen LogP contribution is 2.28. The molecule has 2 radical (unpaired) electrons. The fourth-order valence-corrected chi connectivity index (χ4v) is 1.33. The van der Waals surface area contributed by atoms with Crippen molar-refractivity contribution in [1.29, 1.82) is 0 Å². The Morgan fingerprint density at radius 3 is 2.50 bits per heavy atom. The fourth-order valence-electron chi connectivity index (χ4n) is 1.33. The minimum atomic E-state index is -0.530. The van der Waals surface area contributed by atoms with Crippen LogP contribution in [-0.4, -0.2) is 12.2 Å². The standard InChI is InChI=1S/C7H9NO2/c8-7(10)6-2-1-5(3-6)4-9/h5-6,8H,1-3H2. The van der Waals surface area contributed by atoms with Crippen LogP contribution in [0.5, 0.6) is 0 Å². The van der Waals surface area contributed by atoms with Gasteiger partial charge in [-0.15, -0.1) is 0 Å². The molecule has 0 aromatic rings. The number of rotatable bonds is 2. The predicted octanol–water partition coefficient (Wildman–Crippen LogP) is 0.322. The first-order valence-corrected chi connectivity index (χ1v) is 3.37. The topological polar surface area (TPSA) is 57.9 Å². The normalized spacial score (nSPS) is 32.0. The number of carbonyl (C=O) groups is 1. The van der Waals surface area contributed by atoms with Crippen LogP contribution in [0.4, 0.5) is 0 Å². The first-order valence-electron chi connectivity index (χ1n) is 3.37. The van der Waals surface area contributed by atoms with Crippen molar-refractivity contribution < 1.29 is 9.59 Å². The molecule has 1 aliphatic carbocycles. The third kappa shape index (κ3) is 1.35. The van der Waals surface area contributed by atoms with Gasteiger partial charge < -0.3 is 0 Å². The summed E-state index contributed by atoms with van der Waals surface area (Å²) in [4.78, 5) is 20.5. The summed E-state index contributed by atoms with van der Waals surface area (Å²) in [6, 6.07) is 0.